The maximum absolute atomic E-state index is 2.84. The number of piperidine rings is 2. The molecule has 0 aromatic rings. The first kappa shape index (κ1) is 14.1. The number of alkyl halides is 1. The molecule has 2 rings (SSSR count). The molecule has 0 saturated carbocycles. The summed E-state index contributed by atoms with van der Waals surface area (Å²) in [5.41, 5.74) is 0. The van der Waals surface area contributed by atoms with Gasteiger partial charge in [-0.15, -0.1) is 0 Å². The van der Waals surface area contributed by atoms with E-state index in [1.54, 1.807) is 0 Å². The van der Waals surface area contributed by atoms with Crippen molar-refractivity contribution in [1.82, 2.24) is 8.01 Å². The van der Waals surface area contributed by atoms with E-state index in [2.05, 4.69) is 28.9 Å². The van der Waals surface area contributed by atoms with Crippen LogP contribution in [-0.4, -0.2) is 45.2 Å². The van der Waals surface area contributed by atoms with Gasteiger partial charge in [0.2, 0.25) is 0 Å². The van der Waals surface area contributed by atoms with Gasteiger partial charge in [0.1, 0.15) is 0 Å². The molecule has 102 valence electrons. The van der Waals surface area contributed by atoms with Crippen LogP contribution in [0.15, 0.2) is 0 Å². The number of hydrogen-bond acceptors (Lipinski definition) is 2. The van der Waals surface area contributed by atoms with Crippen molar-refractivity contribution in [2.75, 3.05) is 33.2 Å². The summed E-state index contributed by atoms with van der Waals surface area (Å²) in [6, 6.07) is 0. The molecule has 0 unspecified atom stereocenters. The standard InChI is InChI=1S/C14H28IN2/c1-12(2)13-4-10-17(11-5-13)15-14-6-8-16(3)9-7-14/h12-14H,4-11H2,1-3H3/q-1. The fourth-order valence-electron chi connectivity index (χ4n) is 2.90. The molecule has 0 spiro atoms. The Bertz CT molecular complexity index is 216. The van der Waals surface area contributed by atoms with Gasteiger partial charge in [-0.25, -0.2) is 0 Å². The summed E-state index contributed by atoms with van der Waals surface area (Å²) in [7, 11) is 2.27. The summed E-state index contributed by atoms with van der Waals surface area (Å²) >= 11 is 0.331. The molecule has 3 heteroatoms. The summed E-state index contributed by atoms with van der Waals surface area (Å²) in [4.78, 5) is 2.49. The normalized spacial score (nSPS) is 27.1. The quantitative estimate of drug-likeness (QED) is 0.383. The Morgan fingerprint density at radius 1 is 0.941 bits per heavy atom. The van der Waals surface area contributed by atoms with E-state index in [-0.39, 0.29) is 0 Å². The van der Waals surface area contributed by atoms with Gasteiger partial charge in [-0.2, -0.15) is 0 Å². The molecule has 0 N–H and O–H groups in total. The van der Waals surface area contributed by atoms with Crippen molar-refractivity contribution in [2.45, 2.75) is 43.5 Å². The molecular weight excluding hydrogens is 323 g/mol. The van der Waals surface area contributed by atoms with Crippen LogP contribution in [0, 0.1) is 11.8 Å². The Hall–Kier alpha value is 0.650. The Morgan fingerprint density at radius 3 is 2.06 bits per heavy atom. The van der Waals surface area contributed by atoms with Crippen molar-refractivity contribution >= 4 is 0 Å². The zero-order valence-corrected chi connectivity index (χ0v) is 13.8. The third-order valence-electron chi connectivity index (χ3n) is 4.35. The molecule has 2 aliphatic heterocycles. The van der Waals surface area contributed by atoms with Crippen LogP contribution in [0.1, 0.15) is 39.5 Å². The van der Waals surface area contributed by atoms with Crippen molar-refractivity contribution in [3.05, 3.63) is 0 Å². The molecule has 2 aliphatic rings. The van der Waals surface area contributed by atoms with Crippen LogP contribution in [-0.2, 0) is 0 Å². The predicted octanol–water partition coefficient (Wildman–Crippen LogP) is -0.547. The molecule has 2 saturated heterocycles. The predicted molar refractivity (Wildman–Crippen MR) is 69.7 cm³/mol. The SMILES string of the molecule is CC(C)C1CCN([I-]C2CCN(C)CC2)CC1. The Morgan fingerprint density at radius 2 is 1.53 bits per heavy atom. The monoisotopic (exact) mass is 351 g/mol. The van der Waals surface area contributed by atoms with Gasteiger partial charge < -0.3 is 0 Å². The minimum absolute atomic E-state index is 0.331. The second-order valence-corrected chi connectivity index (χ2v) is 9.75. The fraction of sp³-hybridized carbons (Fsp3) is 1.00. The van der Waals surface area contributed by atoms with Crippen molar-refractivity contribution < 1.29 is 21.5 Å². The molecule has 0 aromatic carbocycles. The third kappa shape index (κ3) is 4.35. The van der Waals surface area contributed by atoms with E-state index >= 15 is 0 Å². The van der Waals surface area contributed by atoms with Gasteiger partial charge in [-0.1, -0.05) is 0 Å². The van der Waals surface area contributed by atoms with Crippen molar-refractivity contribution in [3.63, 3.8) is 0 Å². The van der Waals surface area contributed by atoms with Gasteiger partial charge in [0.25, 0.3) is 0 Å². The molecular formula is C14H28IN2-. The number of rotatable bonds is 3. The third-order valence-corrected chi connectivity index (χ3v) is 8.14. The topological polar surface area (TPSA) is 6.48 Å². The molecule has 0 aromatic heterocycles. The van der Waals surface area contributed by atoms with Crippen LogP contribution in [0.4, 0.5) is 0 Å². The Balaban J connectivity index is 1.67. The zero-order chi connectivity index (χ0) is 12.3. The van der Waals surface area contributed by atoms with Crippen LogP contribution in [0.5, 0.6) is 0 Å². The minimum atomic E-state index is 0.331. The fourth-order valence-corrected chi connectivity index (χ4v) is 6.24. The average Bonchev–Trinajstić information content (AvgIpc) is 2.33. The van der Waals surface area contributed by atoms with Crippen molar-refractivity contribution in [2.24, 2.45) is 11.8 Å². The molecule has 0 bridgehead atoms. The second kappa shape index (κ2) is 6.71. The van der Waals surface area contributed by atoms with Gasteiger partial charge in [0.05, 0.1) is 0 Å². The number of hydrogen-bond donors (Lipinski definition) is 0. The van der Waals surface area contributed by atoms with Crippen LogP contribution in [0.25, 0.3) is 0 Å². The number of halogens is 1. The van der Waals surface area contributed by atoms with Gasteiger partial charge in [-0.05, 0) is 0 Å². The number of nitrogens with zero attached hydrogens (tertiary/aromatic N) is 2. The average molecular weight is 351 g/mol. The maximum atomic E-state index is 2.84. The van der Waals surface area contributed by atoms with E-state index in [0.29, 0.717) is 21.5 Å². The van der Waals surface area contributed by atoms with Crippen LogP contribution in [0.3, 0.4) is 0 Å². The van der Waals surface area contributed by atoms with E-state index < -0.39 is 0 Å². The van der Waals surface area contributed by atoms with E-state index in [4.69, 9.17) is 0 Å². The molecule has 2 nitrogen and oxygen atoms in total. The first-order chi connectivity index (χ1) is 8.15. The summed E-state index contributed by atoms with van der Waals surface area (Å²) in [6.45, 7) is 10.3. The van der Waals surface area contributed by atoms with E-state index in [0.717, 1.165) is 15.8 Å². The van der Waals surface area contributed by atoms with Gasteiger partial charge in [-0.3, -0.25) is 0 Å². The summed E-state index contributed by atoms with van der Waals surface area (Å²) in [5, 5.41) is 0. The summed E-state index contributed by atoms with van der Waals surface area (Å²) < 4.78 is 3.92. The van der Waals surface area contributed by atoms with Crippen LogP contribution < -0.4 is 21.5 Å². The molecule has 0 atom stereocenters. The van der Waals surface area contributed by atoms with Gasteiger partial charge in [0.15, 0.2) is 0 Å². The summed E-state index contributed by atoms with van der Waals surface area (Å²) in [6.07, 6.45) is 5.86. The van der Waals surface area contributed by atoms with Crippen LogP contribution in [0.2, 0.25) is 0 Å². The van der Waals surface area contributed by atoms with Crippen LogP contribution >= 0.6 is 0 Å². The molecule has 2 fully saturated rings. The molecule has 0 aliphatic carbocycles. The molecule has 2 heterocycles. The summed E-state index contributed by atoms with van der Waals surface area (Å²) in [5.74, 6) is 1.91. The zero-order valence-electron chi connectivity index (χ0n) is 11.7. The first-order valence-electron chi connectivity index (χ1n) is 7.22. The van der Waals surface area contributed by atoms with E-state index in [9.17, 15) is 0 Å². The van der Waals surface area contributed by atoms with Gasteiger partial charge >= 0.3 is 118 Å². The molecule has 0 radical (unpaired) electrons. The van der Waals surface area contributed by atoms with Crippen molar-refractivity contribution in [1.29, 1.82) is 0 Å². The van der Waals surface area contributed by atoms with Gasteiger partial charge in [0, 0.05) is 0 Å². The van der Waals surface area contributed by atoms with E-state index in [1.807, 2.05) is 0 Å². The van der Waals surface area contributed by atoms with Crippen molar-refractivity contribution in [3.8, 4) is 0 Å². The number of likely N-dealkylation sites (tertiary alicyclic amines) is 1. The Labute approximate surface area is 118 Å². The van der Waals surface area contributed by atoms with E-state index in [1.165, 1.54) is 51.9 Å². The Kier molecular flexibility index (Phi) is 5.55. The second-order valence-electron chi connectivity index (χ2n) is 6.07. The molecule has 0 amide bonds. The first-order valence-corrected chi connectivity index (χ1v) is 9.43. The molecule has 17 heavy (non-hydrogen) atoms.